The molecule has 0 saturated carbocycles. The molecule has 0 bridgehead atoms. The van der Waals surface area contributed by atoms with Crippen LogP contribution >= 0.6 is 34.4 Å². The van der Waals surface area contributed by atoms with E-state index >= 15 is 0 Å². The van der Waals surface area contributed by atoms with E-state index in [1.165, 1.54) is 23.1 Å². The molecule has 0 aliphatic rings. The van der Waals surface area contributed by atoms with E-state index in [0.717, 1.165) is 20.9 Å². The number of hydrogen-bond donors (Lipinski definition) is 1. The van der Waals surface area contributed by atoms with Gasteiger partial charge in [0.15, 0.2) is 5.16 Å². The van der Waals surface area contributed by atoms with E-state index in [0.29, 0.717) is 21.9 Å². The van der Waals surface area contributed by atoms with Gasteiger partial charge in [0.2, 0.25) is 5.91 Å². The Kier molecular flexibility index (Phi) is 6.93. The zero-order valence-corrected chi connectivity index (χ0v) is 20.3. The maximum Gasteiger partial charge on any atom is 0.263 e. The molecule has 1 unspecified atom stereocenters. The molecule has 1 amide bonds. The molecule has 3 aromatic heterocycles. The largest absolute Gasteiger partial charge is 0.344 e. The van der Waals surface area contributed by atoms with Crippen LogP contribution in [0.4, 0.5) is 0 Å². The molecule has 1 N–H and O–H groups in total. The number of nitrogens with zero attached hydrogens (tertiary/aromatic N) is 2. The molecule has 4 aromatic rings. The number of carbonyl (C=O) groups excluding carboxylic acids is 1. The number of rotatable bonds is 8. The SMILES string of the molecule is C=CCn1c(SCC(=O)NC(c2ccccc2)c2cccs2)nc2sc(C)c(C)c2c1=O. The highest BCUT2D eigenvalue weighted by molar-refractivity contribution is 7.99. The lowest BCUT2D eigenvalue weighted by Gasteiger charge is -2.18. The van der Waals surface area contributed by atoms with Crippen LogP contribution in [0.25, 0.3) is 10.2 Å². The van der Waals surface area contributed by atoms with Gasteiger partial charge in [0.1, 0.15) is 4.83 Å². The topological polar surface area (TPSA) is 64.0 Å². The van der Waals surface area contributed by atoms with Crippen LogP contribution in [0.2, 0.25) is 0 Å². The molecule has 0 aliphatic heterocycles. The van der Waals surface area contributed by atoms with Gasteiger partial charge in [-0.05, 0) is 36.4 Å². The number of allylic oxidation sites excluding steroid dienone is 1. The number of aryl methyl sites for hydroxylation is 2. The minimum atomic E-state index is -0.210. The summed E-state index contributed by atoms with van der Waals surface area (Å²) >= 11 is 4.40. The number of amides is 1. The Hall–Kier alpha value is -2.68. The molecular formula is C24H23N3O2S3. The summed E-state index contributed by atoms with van der Waals surface area (Å²) in [6.45, 7) is 8.06. The molecule has 4 rings (SSSR count). The molecule has 32 heavy (non-hydrogen) atoms. The van der Waals surface area contributed by atoms with E-state index in [-0.39, 0.29) is 23.3 Å². The van der Waals surface area contributed by atoms with Gasteiger partial charge in [-0.3, -0.25) is 14.2 Å². The number of thiophene rings is 2. The molecule has 1 atom stereocenters. The normalized spacial score (nSPS) is 12.1. The Labute approximate surface area is 198 Å². The number of nitrogens with one attached hydrogen (secondary N) is 1. The van der Waals surface area contributed by atoms with Gasteiger partial charge < -0.3 is 5.32 Å². The van der Waals surface area contributed by atoms with Crippen LogP contribution in [-0.2, 0) is 11.3 Å². The molecule has 0 aliphatic carbocycles. The van der Waals surface area contributed by atoms with Crippen molar-refractivity contribution in [3.63, 3.8) is 0 Å². The first-order valence-electron chi connectivity index (χ1n) is 10.1. The fourth-order valence-corrected chi connectivity index (χ4v) is 6.15. The van der Waals surface area contributed by atoms with Gasteiger partial charge in [0.05, 0.1) is 17.2 Å². The highest BCUT2D eigenvalue weighted by atomic mass is 32.2. The maximum atomic E-state index is 13.1. The minimum absolute atomic E-state index is 0.0830. The zero-order chi connectivity index (χ0) is 22.7. The average Bonchev–Trinajstić information content (AvgIpc) is 3.42. The van der Waals surface area contributed by atoms with Crippen molar-refractivity contribution in [3.8, 4) is 0 Å². The van der Waals surface area contributed by atoms with Crippen molar-refractivity contribution in [2.24, 2.45) is 0 Å². The van der Waals surface area contributed by atoms with Gasteiger partial charge in [-0.2, -0.15) is 0 Å². The number of hydrogen-bond acceptors (Lipinski definition) is 6. The highest BCUT2D eigenvalue weighted by Crippen LogP contribution is 2.29. The zero-order valence-electron chi connectivity index (χ0n) is 17.8. The van der Waals surface area contributed by atoms with Crippen LogP contribution in [0.1, 0.15) is 26.9 Å². The van der Waals surface area contributed by atoms with E-state index in [2.05, 4.69) is 11.9 Å². The molecule has 8 heteroatoms. The van der Waals surface area contributed by atoms with Crippen LogP contribution in [-0.4, -0.2) is 21.2 Å². The number of aromatic nitrogens is 2. The maximum absolute atomic E-state index is 13.1. The van der Waals surface area contributed by atoms with Gasteiger partial charge in [-0.1, -0.05) is 54.2 Å². The first-order valence-corrected chi connectivity index (χ1v) is 12.8. The Morgan fingerprint density at radius 2 is 2.03 bits per heavy atom. The molecule has 1 aromatic carbocycles. The summed E-state index contributed by atoms with van der Waals surface area (Å²) in [5, 5.41) is 6.34. The third-order valence-electron chi connectivity index (χ3n) is 5.16. The molecule has 0 fully saturated rings. The van der Waals surface area contributed by atoms with Crippen molar-refractivity contribution in [2.45, 2.75) is 31.6 Å². The van der Waals surface area contributed by atoms with Crippen molar-refractivity contribution in [2.75, 3.05) is 5.75 Å². The lowest BCUT2D eigenvalue weighted by atomic mass is 10.1. The molecular weight excluding hydrogens is 458 g/mol. The number of fused-ring (bicyclic) bond motifs is 1. The molecule has 0 spiro atoms. The van der Waals surface area contributed by atoms with Crippen LogP contribution < -0.4 is 10.9 Å². The smallest absolute Gasteiger partial charge is 0.263 e. The van der Waals surface area contributed by atoms with Crippen LogP contribution in [0.15, 0.2) is 70.5 Å². The second-order valence-electron chi connectivity index (χ2n) is 7.28. The molecule has 0 saturated heterocycles. The van der Waals surface area contributed by atoms with Crippen molar-refractivity contribution in [3.05, 3.63) is 91.7 Å². The van der Waals surface area contributed by atoms with Gasteiger partial charge in [0.25, 0.3) is 5.56 Å². The fraction of sp³-hybridized carbons (Fsp3) is 0.208. The third-order valence-corrected chi connectivity index (χ3v) is 8.18. The summed E-state index contributed by atoms with van der Waals surface area (Å²) in [7, 11) is 0. The second-order valence-corrected chi connectivity index (χ2v) is 10.4. The summed E-state index contributed by atoms with van der Waals surface area (Å²) in [6.07, 6.45) is 1.68. The lowest BCUT2D eigenvalue weighted by molar-refractivity contribution is -0.119. The van der Waals surface area contributed by atoms with E-state index in [9.17, 15) is 9.59 Å². The van der Waals surface area contributed by atoms with Crippen molar-refractivity contribution < 1.29 is 4.79 Å². The summed E-state index contributed by atoms with van der Waals surface area (Å²) in [6, 6.07) is 13.7. The quantitative estimate of drug-likeness (QED) is 0.210. The first kappa shape index (κ1) is 22.5. The number of carbonyl (C=O) groups is 1. The van der Waals surface area contributed by atoms with Gasteiger partial charge in [-0.15, -0.1) is 29.3 Å². The van der Waals surface area contributed by atoms with Crippen molar-refractivity contribution in [1.82, 2.24) is 14.9 Å². The Bertz CT molecular complexity index is 1310. The van der Waals surface area contributed by atoms with Crippen molar-refractivity contribution in [1.29, 1.82) is 0 Å². The first-order chi connectivity index (χ1) is 15.5. The molecule has 0 radical (unpaired) electrons. The van der Waals surface area contributed by atoms with Gasteiger partial charge in [0, 0.05) is 16.3 Å². The molecule has 3 heterocycles. The molecule has 5 nitrogen and oxygen atoms in total. The number of benzene rings is 1. The van der Waals surface area contributed by atoms with Gasteiger partial charge in [-0.25, -0.2) is 4.98 Å². The summed E-state index contributed by atoms with van der Waals surface area (Å²) in [5.74, 6) is 0.0444. The minimum Gasteiger partial charge on any atom is -0.344 e. The summed E-state index contributed by atoms with van der Waals surface area (Å²) in [5.41, 5.74) is 1.91. The monoisotopic (exact) mass is 481 g/mol. The Morgan fingerprint density at radius 3 is 2.72 bits per heavy atom. The van der Waals surface area contributed by atoms with Crippen molar-refractivity contribution >= 4 is 50.6 Å². The van der Waals surface area contributed by atoms with Gasteiger partial charge >= 0.3 is 0 Å². The predicted molar refractivity (Wildman–Crippen MR) is 135 cm³/mol. The third kappa shape index (κ3) is 4.57. The second kappa shape index (κ2) is 9.85. The Balaban J connectivity index is 1.57. The van der Waals surface area contributed by atoms with E-state index in [1.807, 2.05) is 61.7 Å². The fourth-order valence-electron chi connectivity index (χ4n) is 3.46. The van der Waals surface area contributed by atoms with Crippen LogP contribution in [0.3, 0.4) is 0 Å². The Morgan fingerprint density at radius 1 is 1.25 bits per heavy atom. The van der Waals surface area contributed by atoms with Crippen LogP contribution in [0, 0.1) is 13.8 Å². The standard InChI is InChI=1S/C24H23N3O2S3/c1-4-12-27-23(29)20-15(2)16(3)32-22(20)26-24(27)31-14-19(28)25-21(18-11-8-13-30-18)17-9-6-5-7-10-17/h4-11,13,21H,1,12,14H2,2-3H3,(H,25,28). The van der Waals surface area contributed by atoms with E-state index in [1.54, 1.807) is 22.0 Å². The average molecular weight is 482 g/mol. The summed E-state index contributed by atoms with van der Waals surface area (Å²) in [4.78, 5) is 33.6. The molecule has 164 valence electrons. The number of thioether (sulfide) groups is 1. The predicted octanol–water partition coefficient (Wildman–Crippen LogP) is 5.32. The lowest BCUT2D eigenvalue weighted by Crippen LogP contribution is -2.30. The summed E-state index contributed by atoms with van der Waals surface area (Å²) < 4.78 is 1.60. The van der Waals surface area contributed by atoms with E-state index < -0.39 is 0 Å². The highest BCUT2D eigenvalue weighted by Gasteiger charge is 2.20. The van der Waals surface area contributed by atoms with E-state index in [4.69, 9.17) is 4.98 Å². The van der Waals surface area contributed by atoms with Crippen LogP contribution in [0.5, 0.6) is 0 Å².